The number of benzene rings is 2. The molecule has 0 aliphatic carbocycles. The molecular weight excluding hydrogens is 314 g/mol. The minimum Gasteiger partial charge on any atom is -0.480 e. The molecule has 2 rings (SSSR count). The molecule has 0 fully saturated rings. The fourth-order valence-electron chi connectivity index (χ4n) is 2.25. The van der Waals surface area contributed by atoms with E-state index in [0.29, 0.717) is 11.3 Å². The fraction of sp³-hybridized carbons (Fsp3) is 0.235. The number of hydrogen-bond acceptors (Lipinski definition) is 3. The molecule has 0 heterocycles. The number of carboxylic acids is 1. The standard InChI is InChI=1S/C17H19NO4S/c1-12-5-8-15(9-6-12)23(21,22)18(11-17(19)20)16-10-13(2)4-7-14(16)3/h4-10H,11H2,1-3H3,(H,19,20). The molecule has 0 aliphatic heterocycles. The maximum Gasteiger partial charge on any atom is 0.324 e. The van der Waals surface area contributed by atoms with E-state index in [-0.39, 0.29) is 4.90 Å². The largest absolute Gasteiger partial charge is 0.480 e. The smallest absolute Gasteiger partial charge is 0.324 e. The minimum absolute atomic E-state index is 0.0743. The van der Waals surface area contributed by atoms with Gasteiger partial charge < -0.3 is 5.11 Å². The summed E-state index contributed by atoms with van der Waals surface area (Å²) in [7, 11) is -3.95. The first-order valence-electron chi connectivity index (χ1n) is 7.10. The Bertz CT molecular complexity index is 826. The topological polar surface area (TPSA) is 74.7 Å². The molecule has 23 heavy (non-hydrogen) atoms. The van der Waals surface area contributed by atoms with E-state index in [1.54, 1.807) is 31.2 Å². The van der Waals surface area contributed by atoms with Crippen molar-refractivity contribution < 1.29 is 18.3 Å². The number of hydrogen-bond donors (Lipinski definition) is 1. The molecule has 2 aromatic carbocycles. The number of nitrogens with zero attached hydrogens (tertiary/aromatic N) is 1. The second-order valence-corrected chi connectivity index (χ2v) is 7.37. The molecule has 0 unspecified atom stereocenters. The lowest BCUT2D eigenvalue weighted by atomic mass is 10.1. The molecular formula is C17H19NO4S. The molecule has 0 spiro atoms. The summed E-state index contributed by atoms with van der Waals surface area (Å²) in [6.45, 7) is 4.82. The Morgan fingerprint density at radius 2 is 1.57 bits per heavy atom. The molecule has 0 aliphatic rings. The minimum atomic E-state index is -3.95. The van der Waals surface area contributed by atoms with E-state index in [1.807, 2.05) is 19.9 Å². The monoisotopic (exact) mass is 333 g/mol. The van der Waals surface area contributed by atoms with Crippen LogP contribution in [0.1, 0.15) is 16.7 Å². The average Bonchev–Trinajstić information content (AvgIpc) is 2.47. The number of aliphatic carboxylic acids is 1. The highest BCUT2D eigenvalue weighted by Crippen LogP contribution is 2.27. The van der Waals surface area contributed by atoms with Gasteiger partial charge in [0.2, 0.25) is 0 Å². The van der Waals surface area contributed by atoms with Crippen LogP contribution in [0.15, 0.2) is 47.4 Å². The number of carboxylic acid groups (broad SMARTS) is 1. The molecule has 0 saturated carbocycles. The lowest BCUT2D eigenvalue weighted by molar-refractivity contribution is -0.135. The van der Waals surface area contributed by atoms with Crippen LogP contribution in [0.5, 0.6) is 0 Å². The van der Waals surface area contributed by atoms with Crippen molar-refractivity contribution in [2.75, 3.05) is 10.8 Å². The maximum absolute atomic E-state index is 12.9. The van der Waals surface area contributed by atoms with Crippen molar-refractivity contribution in [3.05, 3.63) is 59.2 Å². The van der Waals surface area contributed by atoms with Crippen LogP contribution in [0.25, 0.3) is 0 Å². The van der Waals surface area contributed by atoms with Gasteiger partial charge in [-0.3, -0.25) is 9.10 Å². The van der Waals surface area contributed by atoms with Gasteiger partial charge in [0.15, 0.2) is 0 Å². The van der Waals surface area contributed by atoms with Crippen LogP contribution in [0.4, 0.5) is 5.69 Å². The van der Waals surface area contributed by atoms with E-state index in [2.05, 4.69) is 0 Å². The van der Waals surface area contributed by atoms with Crippen molar-refractivity contribution in [3.8, 4) is 0 Å². The summed E-state index contributed by atoms with van der Waals surface area (Å²) < 4.78 is 26.8. The molecule has 122 valence electrons. The van der Waals surface area contributed by atoms with Gasteiger partial charge in [-0.1, -0.05) is 29.8 Å². The zero-order chi connectivity index (χ0) is 17.2. The van der Waals surface area contributed by atoms with Crippen LogP contribution in [-0.2, 0) is 14.8 Å². The van der Waals surface area contributed by atoms with Gasteiger partial charge in [-0.05, 0) is 50.1 Å². The van der Waals surface area contributed by atoms with Crippen molar-refractivity contribution in [1.29, 1.82) is 0 Å². The zero-order valence-electron chi connectivity index (χ0n) is 13.3. The lowest BCUT2D eigenvalue weighted by Crippen LogP contribution is -2.36. The molecule has 0 aromatic heterocycles. The van der Waals surface area contributed by atoms with E-state index >= 15 is 0 Å². The maximum atomic E-state index is 12.9. The number of rotatable bonds is 5. The van der Waals surface area contributed by atoms with Crippen LogP contribution in [-0.4, -0.2) is 26.0 Å². The first-order chi connectivity index (χ1) is 10.7. The zero-order valence-corrected chi connectivity index (χ0v) is 14.1. The van der Waals surface area contributed by atoms with Crippen LogP contribution in [0, 0.1) is 20.8 Å². The molecule has 6 heteroatoms. The van der Waals surface area contributed by atoms with Crippen molar-refractivity contribution in [1.82, 2.24) is 0 Å². The third-order valence-corrected chi connectivity index (χ3v) is 5.30. The molecule has 5 nitrogen and oxygen atoms in total. The van der Waals surface area contributed by atoms with Gasteiger partial charge >= 0.3 is 5.97 Å². The molecule has 0 bridgehead atoms. The van der Waals surface area contributed by atoms with Gasteiger partial charge in [-0.2, -0.15) is 0 Å². The van der Waals surface area contributed by atoms with Crippen LogP contribution >= 0.6 is 0 Å². The van der Waals surface area contributed by atoms with Crippen LogP contribution < -0.4 is 4.31 Å². The van der Waals surface area contributed by atoms with Crippen molar-refractivity contribution >= 4 is 21.7 Å². The summed E-state index contributed by atoms with van der Waals surface area (Å²) in [6, 6.07) is 11.7. The third kappa shape index (κ3) is 3.71. The summed E-state index contributed by atoms with van der Waals surface area (Å²) in [5.41, 5.74) is 2.88. The highest BCUT2D eigenvalue weighted by Gasteiger charge is 2.28. The summed E-state index contributed by atoms with van der Waals surface area (Å²) in [5.74, 6) is -1.21. The molecule has 1 N–H and O–H groups in total. The Morgan fingerprint density at radius 1 is 1.00 bits per heavy atom. The lowest BCUT2D eigenvalue weighted by Gasteiger charge is -2.25. The first kappa shape index (κ1) is 17.0. The molecule has 0 saturated heterocycles. The van der Waals surface area contributed by atoms with Crippen molar-refractivity contribution in [3.63, 3.8) is 0 Å². The van der Waals surface area contributed by atoms with E-state index in [0.717, 1.165) is 15.4 Å². The quantitative estimate of drug-likeness (QED) is 0.913. The second-order valence-electron chi connectivity index (χ2n) is 5.51. The Balaban J connectivity index is 2.60. The predicted molar refractivity (Wildman–Crippen MR) is 89.3 cm³/mol. The van der Waals surface area contributed by atoms with Gasteiger partial charge in [0.25, 0.3) is 10.0 Å². The summed E-state index contributed by atoms with van der Waals surface area (Å²) >= 11 is 0. The highest BCUT2D eigenvalue weighted by molar-refractivity contribution is 7.92. The van der Waals surface area contributed by atoms with Gasteiger partial charge in [-0.15, -0.1) is 0 Å². The van der Waals surface area contributed by atoms with Gasteiger partial charge in [0.05, 0.1) is 10.6 Å². The van der Waals surface area contributed by atoms with Gasteiger partial charge in [0, 0.05) is 0 Å². The Morgan fingerprint density at radius 3 is 2.13 bits per heavy atom. The Kier molecular flexibility index (Phi) is 4.75. The normalized spacial score (nSPS) is 11.3. The molecule has 0 radical (unpaired) electrons. The van der Waals surface area contributed by atoms with Crippen molar-refractivity contribution in [2.45, 2.75) is 25.7 Å². The Labute approximate surface area is 136 Å². The van der Waals surface area contributed by atoms with E-state index in [4.69, 9.17) is 5.11 Å². The number of carbonyl (C=O) groups is 1. The first-order valence-corrected chi connectivity index (χ1v) is 8.54. The van der Waals surface area contributed by atoms with E-state index in [9.17, 15) is 13.2 Å². The van der Waals surface area contributed by atoms with Gasteiger partial charge in [0.1, 0.15) is 6.54 Å². The number of anilines is 1. The summed E-state index contributed by atoms with van der Waals surface area (Å²) in [6.07, 6.45) is 0. The highest BCUT2D eigenvalue weighted by atomic mass is 32.2. The van der Waals surface area contributed by atoms with E-state index in [1.165, 1.54) is 12.1 Å². The predicted octanol–water partition coefficient (Wildman–Crippen LogP) is 2.89. The SMILES string of the molecule is Cc1ccc(S(=O)(=O)N(CC(=O)O)c2cc(C)ccc2C)cc1. The second kappa shape index (κ2) is 6.42. The summed E-state index contributed by atoms with van der Waals surface area (Å²) in [4.78, 5) is 11.3. The number of aryl methyl sites for hydroxylation is 3. The third-order valence-electron chi connectivity index (χ3n) is 3.52. The van der Waals surface area contributed by atoms with Crippen LogP contribution in [0.3, 0.4) is 0 Å². The summed E-state index contributed by atoms with van der Waals surface area (Å²) in [5, 5.41) is 9.15. The van der Waals surface area contributed by atoms with Crippen molar-refractivity contribution in [2.24, 2.45) is 0 Å². The Hall–Kier alpha value is -2.34. The molecule has 2 aromatic rings. The molecule has 0 atom stereocenters. The number of sulfonamides is 1. The average molecular weight is 333 g/mol. The van der Waals surface area contributed by atoms with Crippen LogP contribution in [0.2, 0.25) is 0 Å². The molecule has 0 amide bonds. The fourth-order valence-corrected chi connectivity index (χ4v) is 3.72. The van der Waals surface area contributed by atoms with E-state index < -0.39 is 22.5 Å². The van der Waals surface area contributed by atoms with Gasteiger partial charge in [-0.25, -0.2) is 8.42 Å².